The van der Waals surface area contributed by atoms with Crippen molar-refractivity contribution in [3.63, 3.8) is 0 Å². The topological polar surface area (TPSA) is 64.6 Å². The zero-order valence-corrected chi connectivity index (χ0v) is 21.3. The van der Waals surface area contributed by atoms with Gasteiger partial charge in [-0.25, -0.2) is 4.79 Å². The largest absolute Gasteiger partial charge is 0.494 e. The summed E-state index contributed by atoms with van der Waals surface area (Å²) in [6.07, 6.45) is 2.72. The van der Waals surface area contributed by atoms with Gasteiger partial charge >= 0.3 is 5.97 Å². The quantitative estimate of drug-likeness (QED) is 0.428. The fourth-order valence-electron chi connectivity index (χ4n) is 4.86. The number of carbonyl (C=O) groups is 2. The third-order valence-corrected chi connectivity index (χ3v) is 6.76. The van der Waals surface area contributed by atoms with E-state index in [1.807, 2.05) is 62.4 Å². The van der Waals surface area contributed by atoms with Crippen molar-refractivity contribution in [2.75, 3.05) is 13.2 Å². The van der Waals surface area contributed by atoms with Gasteiger partial charge in [-0.1, -0.05) is 49.7 Å². The molecule has 2 aromatic rings. The zero-order chi connectivity index (χ0) is 24.9. The van der Waals surface area contributed by atoms with Gasteiger partial charge in [-0.15, -0.1) is 0 Å². The van der Waals surface area contributed by atoms with Crippen LogP contribution < -0.4 is 10.1 Å². The molecule has 1 heterocycles. The van der Waals surface area contributed by atoms with Gasteiger partial charge in [-0.3, -0.25) is 4.79 Å². The number of ketones is 1. The van der Waals surface area contributed by atoms with Crippen molar-refractivity contribution in [1.29, 1.82) is 0 Å². The lowest BCUT2D eigenvalue weighted by molar-refractivity contribution is -0.139. The number of allylic oxidation sites excluding steroid dienone is 3. The molecule has 2 aromatic carbocycles. The molecule has 0 aromatic heterocycles. The van der Waals surface area contributed by atoms with Gasteiger partial charge in [-0.2, -0.15) is 0 Å². The molecule has 35 heavy (non-hydrogen) atoms. The van der Waals surface area contributed by atoms with Crippen molar-refractivity contribution < 1.29 is 19.1 Å². The first-order valence-corrected chi connectivity index (χ1v) is 12.7. The number of halogens is 1. The van der Waals surface area contributed by atoms with Crippen molar-refractivity contribution in [2.45, 2.75) is 58.3 Å². The molecule has 6 heteroatoms. The Hall–Kier alpha value is -3.05. The molecule has 4 rings (SSSR count). The van der Waals surface area contributed by atoms with Gasteiger partial charge in [0, 0.05) is 34.3 Å². The van der Waals surface area contributed by atoms with Crippen molar-refractivity contribution in [2.24, 2.45) is 0 Å². The Morgan fingerprint density at radius 1 is 0.971 bits per heavy atom. The lowest BCUT2D eigenvalue weighted by Gasteiger charge is -2.36. The van der Waals surface area contributed by atoms with E-state index in [2.05, 4.69) is 12.2 Å². The van der Waals surface area contributed by atoms with E-state index in [1.54, 1.807) is 0 Å². The predicted molar refractivity (Wildman–Crippen MR) is 138 cm³/mol. The maximum absolute atomic E-state index is 13.6. The van der Waals surface area contributed by atoms with Crippen LogP contribution in [0.3, 0.4) is 0 Å². The highest BCUT2D eigenvalue weighted by Gasteiger charge is 2.41. The average Bonchev–Trinajstić information content (AvgIpc) is 2.85. The highest BCUT2D eigenvalue weighted by Crippen LogP contribution is 2.46. The smallest absolute Gasteiger partial charge is 0.336 e. The second-order valence-electron chi connectivity index (χ2n) is 9.12. The number of ether oxygens (including phenoxy) is 2. The van der Waals surface area contributed by atoms with E-state index in [-0.39, 0.29) is 17.7 Å². The van der Waals surface area contributed by atoms with Crippen LogP contribution in [0.15, 0.2) is 71.1 Å². The number of hydrogen-bond donors (Lipinski definition) is 1. The average molecular weight is 494 g/mol. The fraction of sp³-hybridized carbons (Fsp3) is 0.379. The summed E-state index contributed by atoms with van der Waals surface area (Å²) in [5, 5.41) is 4.07. The van der Waals surface area contributed by atoms with Gasteiger partial charge in [0.05, 0.1) is 18.8 Å². The molecular formula is C29H32ClNO4. The highest BCUT2D eigenvalue weighted by molar-refractivity contribution is 6.30. The lowest BCUT2D eigenvalue weighted by atomic mass is 9.71. The second kappa shape index (κ2) is 11.1. The molecule has 0 saturated heterocycles. The first-order chi connectivity index (χ1) is 16.9. The molecular weight excluding hydrogens is 462 g/mol. The number of carbonyl (C=O) groups excluding carboxylic acids is 2. The number of benzene rings is 2. The Bertz CT molecular complexity index is 1150. The molecule has 1 aliphatic heterocycles. The Labute approximate surface area is 212 Å². The molecule has 2 aliphatic rings. The van der Waals surface area contributed by atoms with Crippen LogP contribution in [0.4, 0.5) is 0 Å². The van der Waals surface area contributed by atoms with E-state index in [0.717, 1.165) is 41.1 Å². The third-order valence-electron chi connectivity index (χ3n) is 6.51. The summed E-state index contributed by atoms with van der Waals surface area (Å²) < 4.78 is 11.3. The summed E-state index contributed by atoms with van der Waals surface area (Å²) in [6, 6.07) is 15.4. The molecule has 0 fully saturated rings. The van der Waals surface area contributed by atoms with E-state index in [4.69, 9.17) is 21.1 Å². The predicted octanol–water partition coefficient (Wildman–Crippen LogP) is 6.44. The normalized spacial score (nSPS) is 19.8. The zero-order valence-electron chi connectivity index (χ0n) is 20.5. The summed E-state index contributed by atoms with van der Waals surface area (Å²) >= 11 is 6.07. The summed E-state index contributed by atoms with van der Waals surface area (Å²) in [4.78, 5) is 26.8. The number of dihydropyridines is 1. The van der Waals surface area contributed by atoms with Crippen LogP contribution in [0.2, 0.25) is 5.02 Å². The monoisotopic (exact) mass is 493 g/mol. The van der Waals surface area contributed by atoms with Crippen LogP contribution >= 0.6 is 11.6 Å². The van der Waals surface area contributed by atoms with Crippen LogP contribution in [-0.2, 0) is 14.3 Å². The van der Waals surface area contributed by atoms with Crippen molar-refractivity contribution in [3.8, 4) is 5.75 Å². The van der Waals surface area contributed by atoms with E-state index >= 15 is 0 Å². The second-order valence-corrected chi connectivity index (χ2v) is 9.56. The van der Waals surface area contributed by atoms with Crippen LogP contribution in [-0.4, -0.2) is 25.0 Å². The van der Waals surface area contributed by atoms with Crippen molar-refractivity contribution in [1.82, 2.24) is 5.32 Å². The van der Waals surface area contributed by atoms with Gasteiger partial charge < -0.3 is 14.8 Å². The number of Topliss-reactive ketones (excluding diaryl/α,β-unsaturated/α-hetero) is 1. The molecule has 1 aliphatic carbocycles. The highest BCUT2D eigenvalue weighted by atomic mass is 35.5. The fourth-order valence-corrected chi connectivity index (χ4v) is 4.99. The Morgan fingerprint density at radius 2 is 1.63 bits per heavy atom. The molecule has 0 radical (unpaired) electrons. The van der Waals surface area contributed by atoms with Crippen molar-refractivity contribution in [3.05, 3.63) is 87.2 Å². The molecule has 0 bridgehead atoms. The third kappa shape index (κ3) is 5.46. The first-order valence-electron chi connectivity index (χ1n) is 12.3. The summed E-state index contributed by atoms with van der Waals surface area (Å²) in [5.74, 6) is 0.00957. The van der Waals surface area contributed by atoms with Crippen LogP contribution in [0.25, 0.3) is 0 Å². The van der Waals surface area contributed by atoms with Gasteiger partial charge in [0.15, 0.2) is 5.78 Å². The standard InChI is InChI=1S/C29H32ClNO4/c1-4-14-34-23-12-8-20(9-13-23)27-26(29(33)35-15-5-2)18(3)31-24-16-21(17-25(32)28(24)27)19-6-10-22(30)11-7-19/h6-13,21,27,31H,4-5,14-17H2,1-3H3. The molecule has 5 nitrogen and oxygen atoms in total. The minimum absolute atomic E-state index is 0.0447. The molecule has 2 atom stereocenters. The Kier molecular flexibility index (Phi) is 7.97. The number of esters is 1. The lowest BCUT2D eigenvalue weighted by Crippen LogP contribution is -2.36. The van der Waals surface area contributed by atoms with Gasteiger partial charge in [0.2, 0.25) is 0 Å². The van der Waals surface area contributed by atoms with Gasteiger partial charge in [0.1, 0.15) is 5.75 Å². The van der Waals surface area contributed by atoms with Gasteiger partial charge in [0.25, 0.3) is 0 Å². The SMILES string of the molecule is CCCOC(=O)C1=C(C)NC2=C(C(=O)CC(c3ccc(Cl)cc3)C2)C1c1ccc(OCCC)cc1. The molecule has 0 spiro atoms. The molecule has 184 valence electrons. The van der Waals surface area contributed by atoms with Crippen LogP contribution in [0.5, 0.6) is 5.75 Å². The minimum Gasteiger partial charge on any atom is -0.494 e. The van der Waals surface area contributed by atoms with E-state index in [0.29, 0.717) is 42.2 Å². The Balaban J connectivity index is 1.73. The Morgan fingerprint density at radius 3 is 2.29 bits per heavy atom. The molecule has 0 amide bonds. The van der Waals surface area contributed by atoms with Crippen LogP contribution in [0.1, 0.15) is 69.4 Å². The summed E-state index contributed by atoms with van der Waals surface area (Å²) in [7, 11) is 0. The van der Waals surface area contributed by atoms with Crippen molar-refractivity contribution >= 4 is 23.4 Å². The number of rotatable bonds is 8. The first kappa shape index (κ1) is 25.1. The van der Waals surface area contributed by atoms with Gasteiger partial charge in [-0.05, 0) is 67.5 Å². The van der Waals surface area contributed by atoms with E-state index < -0.39 is 5.92 Å². The summed E-state index contributed by atoms with van der Waals surface area (Å²) in [6.45, 7) is 6.88. The number of hydrogen-bond acceptors (Lipinski definition) is 5. The summed E-state index contributed by atoms with van der Waals surface area (Å²) in [5.41, 5.74) is 4.72. The molecule has 0 saturated carbocycles. The maximum Gasteiger partial charge on any atom is 0.336 e. The minimum atomic E-state index is -0.477. The number of nitrogens with one attached hydrogen (secondary N) is 1. The van der Waals surface area contributed by atoms with E-state index in [9.17, 15) is 9.59 Å². The molecule has 2 unspecified atom stereocenters. The van der Waals surface area contributed by atoms with Crippen LogP contribution in [0, 0.1) is 0 Å². The van der Waals surface area contributed by atoms with E-state index in [1.165, 1.54) is 0 Å². The maximum atomic E-state index is 13.6. The molecule has 1 N–H and O–H groups in total.